The van der Waals surface area contributed by atoms with Crippen LogP contribution in [0.5, 0.6) is 5.75 Å². The lowest BCUT2D eigenvalue weighted by atomic mass is 10.1. The molecule has 1 aliphatic rings. The van der Waals surface area contributed by atoms with Crippen molar-refractivity contribution < 1.29 is 9.13 Å². The van der Waals surface area contributed by atoms with E-state index < -0.39 is 0 Å². The van der Waals surface area contributed by atoms with E-state index >= 15 is 0 Å². The van der Waals surface area contributed by atoms with Crippen LogP contribution in [0.4, 0.5) is 4.39 Å². The van der Waals surface area contributed by atoms with E-state index in [-0.39, 0.29) is 11.9 Å². The first-order chi connectivity index (χ1) is 10.1. The molecule has 0 radical (unpaired) electrons. The Hall–Kier alpha value is -1.87. The van der Waals surface area contributed by atoms with Crippen molar-refractivity contribution in [3.8, 4) is 5.75 Å². The summed E-state index contributed by atoms with van der Waals surface area (Å²) < 4.78 is 19.2. The highest BCUT2D eigenvalue weighted by Crippen LogP contribution is 2.27. The maximum absolute atomic E-state index is 13.3. The first kappa shape index (κ1) is 14.1. The van der Waals surface area contributed by atoms with Gasteiger partial charge >= 0.3 is 0 Å². The summed E-state index contributed by atoms with van der Waals surface area (Å²) in [6, 6.07) is 10.8. The molecule has 0 spiro atoms. The maximum atomic E-state index is 13.3. The lowest BCUT2D eigenvalue weighted by molar-refractivity contribution is 0.301. The van der Waals surface area contributed by atoms with Gasteiger partial charge in [0.1, 0.15) is 18.2 Å². The molecule has 0 amide bonds. The maximum Gasteiger partial charge on any atom is 0.124 e. The largest absolute Gasteiger partial charge is 0.489 e. The second-order valence-electron chi connectivity index (χ2n) is 5.72. The zero-order chi connectivity index (χ0) is 14.8. The SMILES string of the molecule is C[C@@H](N)c1cc(F)ccc1OCc1ccc2c(c1)CCC2. The van der Waals surface area contributed by atoms with Crippen LogP contribution in [0.3, 0.4) is 0 Å². The van der Waals surface area contributed by atoms with Gasteiger partial charge in [-0.1, -0.05) is 18.2 Å². The Morgan fingerprint density at radius 3 is 2.76 bits per heavy atom. The highest BCUT2D eigenvalue weighted by molar-refractivity contribution is 5.38. The highest BCUT2D eigenvalue weighted by Gasteiger charge is 2.12. The van der Waals surface area contributed by atoms with Gasteiger partial charge in [-0.25, -0.2) is 4.39 Å². The van der Waals surface area contributed by atoms with Gasteiger partial charge in [0.25, 0.3) is 0 Å². The second kappa shape index (κ2) is 5.86. The van der Waals surface area contributed by atoms with Crippen LogP contribution in [-0.4, -0.2) is 0 Å². The molecule has 0 aromatic heterocycles. The third kappa shape index (κ3) is 3.08. The van der Waals surface area contributed by atoms with Gasteiger partial charge in [0.2, 0.25) is 0 Å². The molecule has 1 atom stereocenters. The van der Waals surface area contributed by atoms with Gasteiger partial charge in [0.05, 0.1) is 0 Å². The van der Waals surface area contributed by atoms with Crippen LogP contribution in [-0.2, 0) is 19.4 Å². The predicted octanol–water partition coefficient (Wildman–Crippen LogP) is 3.91. The highest BCUT2D eigenvalue weighted by atomic mass is 19.1. The van der Waals surface area contributed by atoms with Gasteiger partial charge in [-0.15, -0.1) is 0 Å². The Morgan fingerprint density at radius 2 is 1.95 bits per heavy atom. The molecule has 3 heteroatoms. The summed E-state index contributed by atoms with van der Waals surface area (Å²) in [4.78, 5) is 0. The standard InChI is InChI=1S/C18H20FNO/c1-12(20)17-10-16(19)7-8-18(17)21-11-13-5-6-14-3-2-4-15(14)9-13/h5-10,12H,2-4,11,20H2,1H3/t12-/m1/s1. The molecule has 3 rings (SSSR count). The van der Waals surface area contributed by atoms with Gasteiger partial charge in [-0.3, -0.25) is 0 Å². The third-order valence-corrected chi connectivity index (χ3v) is 4.02. The molecule has 2 aromatic carbocycles. The number of ether oxygens (including phenoxy) is 1. The summed E-state index contributed by atoms with van der Waals surface area (Å²) in [5, 5.41) is 0. The minimum Gasteiger partial charge on any atom is -0.489 e. The minimum absolute atomic E-state index is 0.254. The Balaban J connectivity index is 1.76. The third-order valence-electron chi connectivity index (χ3n) is 4.02. The van der Waals surface area contributed by atoms with E-state index in [2.05, 4.69) is 18.2 Å². The average Bonchev–Trinajstić information content (AvgIpc) is 2.93. The van der Waals surface area contributed by atoms with Crippen molar-refractivity contribution in [3.63, 3.8) is 0 Å². The van der Waals surface area contributed by atoms with Crippen LogP contribution >= 0.6 is 0 Å². The second-order valence-corrected chi connectivity index (χ2v) is 5.72. The fourth-order valence-corrected chi connectivity index (χ4v) is 2.88. The molecule has 0 unspecified atom stereocenters. The Kier molecular flexibility index (Phi) is 3.93. The molecule has 2 nitrogen and oxygen atoms in total. The Labute approximate surface area is 124 Å². The quantitative estimate of drug-likeness (QED) is 0.924. The van der Waals surface area contributed by atoms with E-state index in [9.17, 15) is 4.39 Å². The summed E-state index contributed by atoms with van der Waals surface area (Å²) >= 11 is 0. The number of rotatable bonds is 4. The average molecular weight is 285 g/mol. The molecule has 0 saturated carbocycles. The van der Waals surface area contributed by atoms with Crippen molar-refractivity contribution in [2.24, 2.45) is 5.73 Å². The molecule has 1 aliphatic carbocycles. The van der Waals surface area contributed by atoms with Crippen molar-refractivity contribution in [2.45, 2.75) is 38.8 Å². The van der Waals surface area contributed by atoms with Crippen LogP contribution < -0.4 is 10.5 Å². The van der Waals surface area contributed by atoms with Gasteiger partial charge in [-0.05, 0) is 61.1 Å². The summed E-state index contributed by atoms with van der Waals surface area (Å²) in [6.45, 7) is 2.32. The molecule has 0 heterocycles. The zero-order valence-electron chi connectivity index (χ0n) is 12.2. The van der Waals surface area contributed by atoms with E-state index in [1.54, 1.807) is 6.07 Å². The molecule has 0 saturated heterocycles. The van der Waals surface area contributed by atoms with Gasteiger partial charge < -0.3 is 10.5 Å². The fourth-order valence-electron chi connectivity index (χ4n) is 2.88. The van der Waals surface area contributed by atoms with Crippen molar-refractivity contribution in [1.82, 2.24) is 0 Å². The van der Waals surface area contributed by atoms with Crippen molar-refractivity contribution >= 4 is 0 Å². The molecular weight excluding hydrogens is 265 g/mol. The van der Waals surface area contributed by atoms with Crippen LogP contribution in [0.1, 0.15) is 41.6 Å². The van der Waals surface area contributed by atoms with Crippen LogP contribution in [0.2, 0.25) is 0 Å². The minimum atomic E-state index is -0.285. The topological polar surface area (TPSA) is 35.2 Å². The van der Waals surface area contributed by atoms with Crippen molar-refractivity contribution in [2.75, 3.05) is 0 Å². The van der Waals surface area contributed by atoms with E-state index in [1.165, 1.54) is 36.1 Å². The molecular formula is C18H20FNO. The summed E-state index contributed by atoms with van der Waals surface area (Å²) in [7, 11) is 0. The number of benzene rings is 2. The van der Waals surface area contributed by atoms with Gasteiger partial charge in [-0.2, -0.15) is 0 Å². The van der Waals surface area contributed by atoms with Crippen LogP contribution in [0, 0.1) is 5.82 Å². The van der Waals surface area contributed by atoms with Crippen LogP contribution in [0.15, 0.2) is 36.4 Å². The number of aryl methyl sites for hydroxylation is 2. The summed E-state index contributed by atoms with van der Waals surface area (Å²) in [5.41, 5.74) is 10.6. The number of halogens is 1. The van der Waals surface area contributed by atoms with Crippen molar-refractivity contribution in [1.29, 1.82) is 0 Å². The molecule has 110 valence electrons. The molecule has 0 aliphatic heterocycles. The molecule has 0 fully saturated rings. The first-order valence-electron chi connectivity index (χ1n) is 7.42. The Bertz CT molecular complexity index is 652. The molecule has 0 bridgehead atoms. The van der Waals surface area contributed by atoms with Crippen LogP contribution in [0.25, 0.3) is 0 Å². The monoisotopic (exact) mass is 285 g/mol. The molecule has 21 heavy (non-hydrogen) atoms. The number of hydrogen-bond acceptors (Lipinski definition) is 2. The summed E-state index contributed by atoms with van der Waals surface area (Å²) in [6.07, 6.45) is 3.58. The number of hydrogen-bond donors (Lipinski definition) is 1. The van der Waals surface area contributed by atoms with Gasteiger partial charge in [0, 0.05) is 11.6 Å². The fraction of sp³-hybridized carbons (Fsp3) is 0.333. The predicted molar refractivity (Wildman–Crippen MR) is 81.8 cm³/mol. The Morgan fingerprint density at radius 1 is 1.14 bits per heavy atom. The lowest BCUT2D eigenvalue weighted by Crippen LogP contribution is -2.08. The smallest absolute Gasteiger partial charge is 0.124 e. The molecule has 2 aromatic rings. The van der Waals surface area contributed by atoms with E-state index in [0.717, 1.165) is 12.0 Å². The van der Waals surface area contributed by atoms with E-state index in [0.29, 0.717) is 17.9 Å². The van der Waals surface area contributed by atoms with Crippen molar-refractivity contribution in [3.05, 3.63) is 64.5 Å². The summed E-state index contributed by atoms with van der Waals surface area (Å²) in [5.74, 6) is 0.374. The normalized spacial score (nSPS) is 14.8. The van der Waals surface area contributed by atoms with E-state index in [4.69, 9.17) is 10.5 Å². The number of fused-ring (bicyclic) bond motifs is 1. The zero-order valence-corrected chi connectivity index (χ0v) is 12.2. The lowest BCUT2D eigenvalue weighted by Gasteiger charge is -2.14. The molecule has 2 N–H and O–H groups in total. The number of nitrogens with two attached hydrogens (primary N) is 1. The van der Waals surface area contributed by atoms with Gasteiger partial charge in [0.15, 0.2) is 0 Å². The first-order valence-corrected chi connectivity index (χ1v) is 7.42. The van der Waals surface area contributed by atoms with E-state index in [1.807, 2.05) is 6.92 Å².